The van der Waals surface area contributed by atoms with Crippen LogP contribution < -0.4 is 5.84 Å². The van der Waals surface area contributed by atoms with Crippen molar-refractivity contribution in [3.8, 4) is 0 Å². The van der Waals surface area contributed by atoms with E-state index in [2.05, 4.69) is 33.9 Å². The average molecular weight is 651 g/mol. The summed E-state index contributed by atoms with van der Waals surface area (Å²) in [5, 5.41) is 0.444. The van der Waals surface area contributed by atoms with E-state index in [1.165, 1.54) is 25.2 Å². The molecule has 0 saturated heterocycles. The number of carbonyl (C=O) groups excluding carboxylic acids is 1. The third-order valence-corrected chi connectivity index (χ3v) is 14.3. The van der Waals surface area contributed by atoms with Crippen molar-refractivity contribution in [2.75, 3.05) is 19.4 Å². The third kappa shape index (κ3) is 8.66. The summed E-state index contributed by atoms with van der Waals surface area (Å²) in [6, 6.07) is 15.4. The number of halogens is 1. The molecule has 244 valence electrons. The minimum atomic E-state index is -4.17. The molecule has 2 atom stereocenters. The number of benzene rings is 2. The van der Waals surface area contributed by atoms with Crippen LogP contribution in [0.3, 0.4) is 0 Å². The first-order valence-corrected chi connectivity index (χ1v) is 19.1. The fourth-order valence-electron chi connectivity index (χ4n) is 4.46. The summed E-state index contributed by atoms with van der Waals surface area (Å²) < 4.78 is 62.2. The second-order valence-corrected chi connectivity index (χ2v) is 20.5. The normalized spacial score (nSPS) is 19.7. The minimum Gasteiger partial charge on any atom is -0.442 e. The molecule has 2 unspecified atom stereocenters. The second-order valence-electron chi connectivity index (χ2n) is 13.7. The summed E-state index contributed by atoms with van der Waals surface area (Å²) in [7, 11) is -5.19. The number of guanidine groups is 1. The zero-order chi connectivity index (χ0) is 33.1. The van der Waals surface area contributed by atoms with Crippen LogP contribution in [0.2, 0.25) is 18.1 Å². The molecule has 2 aromatic rings. The van der Waals surface area contributed by atoms with E-state index in [1.807, 2.05) is 30.3 Å². The van der Waals surface area contributed by atoms with E-state index in [0.29, 0.717) is 5.01 Å². The van der Waals surface area contributed by atoms with Gasteiger partial charge in [-0.1, -0.05) is 69.3 Å². The van der Waals surface area contributed by atoms with Crippen LogP contribution in [-0.4, -0.2) is 69.2 Å². The fraction of sp³-hybridized carbons (Fsp3) is 0.548. The summed E-state index contributed by atoms with van der Waals surface area (Å²) in [5.74, 6) is 4.51. The fourth-order valence-corrected chi connectivity index (χ4v) is 7.00. The summed E-state index contributed by atoms with van der Waals surface area (Å²) in [6.45, 7) is 15.9. The lowest BCUT2D eigenvalue weighted by atomic mass is 9.86. The predicted octanol–water partition coefficient (Wildman–Crippen LogP) is 5.76. The van der Waals surface area contributed by atoms with E-state index < -0.39 is 59.2 Å². The molecular weight excluding hydrogens is 604 g/mol. The molecule has 0 radical (unpaired) electrons. The van der Waals surface area contributed by atoms with Crippen LogP contribution in [0, 0.1) is 5.82 Å². The summed E-state index contributed by atoms with van der Waals surface area (Å²) >= 11 is 0. The van der Waals surface area contributed by atoms with Gasteiger partial charge >= 0.3 is 6.09 Å². The first-order valence-electron chi connectivity index (χ1n) is 14.6. The molecule has 2 aromatic carbocycles. The highest BCUT2D eigenvalue weighted by Gasteiger charge is 2.49. The van der Waals surface area contributed by atoms with Gasteiger partial charge in [0.15, 0.2) is 8.32 Å². The number of amides is 1. The molecule has 1 amide bonds. The van der Waals surface area contributed by atoms with Gasteiger partial charge in [-0.05, 0) is 50.5 Å². The molecule has 44 heavy (non-hydrogen) atoms. The van der Waals surface area contributed by atoms with E-state index in [0.717, 1.165) is 9.87 Å². The van der Waals surface area contributed by atoms with Gasteiger partial charge in [0.25, 0.3) is 0 Å². The van der Waals surface area contributed by atoms with Crippen LogP contribution in [0.4, 0.5) is 9.18 Å². The maximum absolute atomic E-state index is 15.6. The van der Waals surface area contributed by atoms with Gasteiger partial charge in [0.2, 0.25) is 16.0 Å². The minimum absolute atomic E-state index is 0.0346. The number of hydrogen-bond donors (Lipinski definition) is 1. The lowest BCUT2D eigenvalue weighted by Gasteiger charge is -2.42. The standard InChI is InChI=1S/C31H47FN4O6SSi/c1-29(2,3)42-28(37)36(33)27-34-31(22-43(38,39)35(27)7,25-17-13-14-18-26(25)32)19-24(21-41-44(8,9)30(4,5)6)40-20-23-15-11-10-12-16-23/h10-18,24H,19-22,33H2,1-9H3. The maximum Gasteiger partial charge on any atom is 0.431 e. The quantitative estimate of drug-likeness (QED) is 0.158. The topological polar surface area (TPSA) is 124 Å². The number of rotatable bonds is 9. The van der Waals surface area contributed by atoms with Gasteiger partial charge < -0.3 is 13.9 Å². The van der Waals surface area contributed by atoms with Crippen LogP contribution in [0.25, 0.3) is 0 Å². The molecule has 0 aliphatic carbocycles. The van der Waals surface area contributed by atoms with Crippen molar-refractivity contribution < 1.29 is 31.5 Å². The Morgan fingerprint density at radius 3 is 2.25 bits per heavy atom. The van der Waals surface area contributed by atoms with Crippen molar-refractivity contribution in [2.24, 2.45) is 10.8 Å². The summed E-state index contributed by atoms with van der Waals surface area (Å²) in [5.41, 5.74) is -1.69. The molecule has 0 bridgehead atoms. The molecule has 0 aromatic heterocycles. The van der Waals surface area contributed by atoms with Crippen molar-refractivity contribution in [2.45, 2.75) is 89.9 Å². The number of carbonyl (C=O) groups is 1. The van der Waals surface area contributed by atoms with E-state index in [-0.39, 0.29) is 30.2 Å². The SMILES string of the molecule is CN1C(N(N)C(=O)OC(C)(C)C)=NC(CC(CO[Si](C)(C)C(C)(C)C)OCc2ccccc2)(c2ccccc2F)CS1(=O)=O. The van der Waals surface area contributed by atoms with Crippen molar-refractivity contribution in [1.29, 1.82) is 0 Å². The van der Waals surface area contributed by atoms with Crippen LogP contribution >= 0.6 is 0 Å². The van der Waals surface area contributed by atoms with Crippen molar-refractivity contribution in [3.63, 3.8) is 0 Å². The molecule has 0 fully saturated rings. The van der Waals surface area contributed by atoms with Gasteiger partial charge in [0.1, 0.15) is 17.0 Å². The van der Waals surface area contributed by atoms with Crippen molar-refractivity contribution in [3.05, 3.63) is 71.5 Å². The number of hydrazine groups is 1. The zero-order valence-corrected chi connectivity index (χ0v) is 29.1. The molecule has 0 spiro atoms. The summed E-state index contributed by atoms with van der Waals surface area (Å²) in [6.07, 6.45) is -1.80. The molecule has 1 aliphatic rings. The molecule has 1 heterocycles. The van der Waals surface area contributed by atoms with Gasteiger partial charge in [0.05, 0.1) is 25.1 Å². The summed E-state index contributed by atoms with van der Waals surface area (Å²) in [4.78, 5) is 17.7. The molecule has 3 rings (SSSR count). The monoisotopic (exact) mass is 650 g/mol. The molecule has 13 heteroatoms. The zero-order valence-electron chi connectivity index (χ0n) is 27.3. The van der Waals surface area contributed by atoms with Crippen LogP contribution in [0.1, 0.15) is 59.1 Å². The Balaban J connectivity index is 2.15. The maximum atomic E-state index is 15.6. The Morgan fingerprint density at radius 2 is 1.68 bits per heavy atom. The van der Waals surface area contributed by atoms with Crippen LogP contribution in [0.5, 0.6) is 0 Å². The van der Waals surface area contributed by atoms with Crippen LogP contribution in [0.15, 0.2) is 59.6 Å². The smallest absolute Gasteiger partial charge is 0.431 e. The Labute approximate surface area is 262 Å². The average Bonchev–Trinajstić information content (AvgIpc) is 2.91. The lowest BCUT2D eigenvalue weighted by molar-refractivity contribution is -0.0107. The second kappa shape index (κ2) is 13.3. The largest absolute Gasteiger partial charge is 0.442 e. The Bertz CT molecular complexity index is 1440. The van der Waals surface area contributed by atoms with Crippen molar-refractivity contribution >= 4 is 30.4 Å². The Morgan fingerprint density at radius 1 is 1.09 bits per heavy atom. The lowest BCUT2D eigenvalue weighted by Crippen LogP contribution is -2.59. The van der Waals surface area contributed by atoms with Crippen LogP contribution in [-0.2, 0) is 36.1 Å². The van der Waals surface area contributed by atoms with Crippen molar-refractivity contribution in [1.82, 2.24) is 9.31 Å². The molecule has 1 aliphatic heterocycles. The van der Waals surface area contributed by atoms with Gasteiger partial charge in [0, 0.05) is 19.0 Å². The third-order valence-electron chi connectivity index (χ3n) is 7.95. The number of aliphatic imine (C=N–C) groups is 1. The highest BCUT2D eigenvalue weighted by Crippen LogP contribution is 2.41. The Hall–Kier alpha value is -2.84. The van der Waals surface area contributed by atoms with E-state index in [9.17, 15) is 13.2 Å². The number of nitrogens with two attached hydrogens (primary N) is 1. The predicted molar refractivity (Wildman–Crippen MR) is 172 cm³/mol. The first-order chi connectivity index (χ1) is 20.2. The van der Waals surface area contributed by atoms with E-state index in [4.69, 9.17) is 24.7 Å². The number of hydrogen-bond acceptors (Lipinski definition) is 8. The number of ether oxygens (including phenoxy) is 2. The molecular formula is C31H47FN4O6SSi. The first kappa shape index (κ1) is 35.6. The van der Waals surface area contributed by atoms with Gasteiger partial charge in [-0.25, -0.2) is 32.7 Å². The van der Waals surface area contributed by atoms with Gasteiger partial charge in [-0.2, -0.15) is 5.01 Å². The molecule has 10 nitrogen and oxygen atoms in total. The molecule has 0 saturated carbocycles. The Kier molecular flexibility index (Phi) is 10.7. The van der Waals surface area contributed by atoms with E-state index in [1.54, 1.807) is 26.8 Å². The van der Waals surface area contributed by atoms with Gasteiger partial charge in [-0.15, -0.1) is 0 Å². The number of nitrogens with zero attached hydrogens (tertiary/aromatic N) is 3. The highest BCUT2D eigenvalue weighted by molar-refractivity contribution is 7.89. The number of sulfonamides is 1. The highest BCUT2D eigenvalue weighted by atomic mass is 32.2. The van der Waals surface area contributed by atoms with E-state index >= 15 is 4.39 Å². The van der Waals surface area contributed by atoms with Gasteiger partial charge in [-0.3, -0.25) is 0 Å². The molecule has 2 N–H and O–H groups in total.